The predicted molar refractivity (Wildman–Crippen MR) is 134 cm³/mol. The molecule has 1 saturated heterocycles. The Morgan fingerprint density at radius 3 is 2.00 bits per heavy atom. The van der Waals surface area contributed by atoms with Crippen LogP contribution in [0.15, 0.2) is 65.6 Å². The summed E-state index contributed by atoms with van der Waals surface area (Å²) >= 11 is 0. The zero-order chi connectivity index (χ0) is 24.9. The van der Waals surface area contributed by atoms with Crippen LogP contribution in [0.3, 0.4) is 0 Å². The monoisotopic (exact) mass is 477 g/mol. The van der Waals surface area contributed by atoms with Crippen LogP contribution in [0.1, 0.15) is 31.0 Å². The molecule has 1 fully saturated rings. The predicted octanol–water partition coefficient (Wildman–Crippen LogP) is 4.24. The summed E-state index contributed by atoms with van der Waals surface area (Å²) in [6, 6.07) is 15.0. The van der Waals surface area contributed by atoms with Crippen LogP contribution in [0.25, 0.3) is 11.0 Å². The smallest absolute Gasteiger partial charge is 0.350 e. The average Bonchev–Trinajstić information content (AvgIpc) is 3.22. The van der Waals surface area contributed by atoms with Crippen molar-refractivity contribution in [3.8, 4) is 0 Å². The summed E-state index contributed by atoms with van der Waals surface area (Å²) in [5.41, 5.74) is 2.44. The molecule has 5 rings (SSSR count). The van der Waals surface area contributed by atoms with E-state index in [1.165, 1.54) is 24.3 Å². The highest BCUT2D eigenvalue weighted by molar-refractivity contribution is 5.88. The number of aryl methyl sites for hydroxylation is 2. The van der Waals surface area contributed by atoms with Gasteiger partial charge in [0.05, 0.1) is 11.4 Å². The van der Waals surface area contributed by atoms with Crippen LogP contribution < -0.4 is 10.6 Å². The highest BCUT2D eigenvalue weighted by Gasteiger charge is 2.36. The minimum atomic E-state index is -0.290. The van der Waals surface area contributed by atoms with Crippen molar-refractivity contribution in [1.29, 1.82) is 0 Å². The molecule has 0 unspecified atom stereocenters. The van der Waals surface area contributed by atoms with Gasteiger partial charge in [0.1, 0.15) is 23.1 Å². The molecule has 0 radical (unpaired) electrons. The summed E-state index contributed by atoms with van der Waals surface area (Å²) in [5.74, 6) is 0.116. The number of benzene rings is 2. The minimum absolute atomic E-state index is 0.0533. The highest BCUT2D eigenvalue weighted by Crippen LogP contribution is 2.35. The lowest BCUT2D eigenvalue weighted by molar-refractivity contribution is 0.129. The maximum Gasteiger partial charge on any atom is 0.350 e. The van der Waals surface area contributed by atoms with E-state index in [1.807, 2.05) is 23.9 Å². The van der Waals surface area contributed by atoms with E-state index in [2.05, 4.69) is 28.6 Å². The second-order valence-corrected chi connectivity index (χ2v) is 9.49. The maximum absolute atomic E-state index is 13.7. The molecule has 182 valence electrons. The first kappa shape index (κ1) is 23.2. The van der Waals surface area contributed by atoms with E-state index in [4.69, 9.17) is 0 Å². The molecular weight excluding hydrogens is 448 g/mol. The number of aromatic nitrogens is 3. The number of hydrogen-bond acceptors (Lipinski definition) is 4. The van der Waals surface area contributed by atoms with Crippen molar-refractivity contribution in [2.24, 2.45) is 14.1 Å². The van der Waals surface area contributed by atoms with Crippen molar-refractivity contribution in [1.82, 2.24) is 19.0 Å². The molecule has 0 spiro atoms. The standard InChI is InChI=1S/C27H29F2N5O/c1-17-16-34(25-23-13-14-31(3)26(23)32(4)27(35)30-25)18(2)15-33(17)24(19-5-9-21(28)10-6-19)20-7-11-22(29)12-8-20/h5-14,17-18,24H,15-16H2,1-4H3/t17-,18+/m1/s1. The number of anilines is 1. The molecule has 1 aliphatic rings. The third kappa shape index (κ3) is 4.12. The molecule has 8 heteroatoms. The third-order valence-electron chi connectivity index (χ3n) is 7.10. The third-order valence-corrected chi connectivity index (χ3v) is 7.10. The van der Waals surface area contributed by atoms with E-state index in [9.17, 15) is 13.6 Å². The van der Waals surface area contributed by atoms with Gasteiger partial charge in [-0.3, -0.25) is 9.47 Å². The molecular formula is C27H29F2N5O. The Hall–Kier alpha value is -3.52. The van der Waals surface area contributed by atoms with Crippen LogP contribution in [0.4, 0.5) is 14.6 Å². The van der Waals surface area contributed by atoms with Crippen molar-refractivity contribution in [3.05, 3.63) is 94.0 Å². The second-order valence-electron chi connectivity index (χ2n) is 9.49. The molecule has 1 aliphatic heterocycles. The molecule has 6 nitrogen and oxygen atoms in total. The zero-order valence-corrected chi connectivity index (χ0v) is 20.3. The van der Waals surface area contributed by atoms with E-state index >= 15 is 0 Å². The average molecular weight is 478 g/mol. The van der Waals surface area contributed by atoms with Gasteiger partial charge in [0.25, 0.3) is 0 Å². The lowest BCUT2D eigenvalue weighted by atomic mass is 9.93. The number of rotatable bonds is 4. The van der Waals surface area contributed by atoms with Crippen LogP contribution in [-0.4, -0.2) is 44.2 Å². The molecule has 0 aliphatic carbocycles. The minimum Gasteiger partial charge on any atom is -0.350 e. The Kier molecular flexibility index (Phi) is 5.92. The van der Waals surface area contributed by atoms with Crippen molar-refractivity contribution in [2.45, 2.75) is 32.0 Å². The van der Waals surface area contributed by atoms with Gasteiger partial charge in [0, 0.05) is 45.5 Å². The summed E-state index contributed by atoms with van der Waals surface area (Å²) < 4.78 is 30.9. The maximum atomic E-state index is 13.7. The highest BCUT2D eigenvalue weighted by atomic mass is 19.1. The normalized spacial score (nSPS) is 19.1. The summed E-state index contributed by atoms with van der Waals surface area (Å²) in [6.45, 7) is 5.61. The van der Waals surface area contributed by atoms with Gasteiger partial charge < -0.3 is 9.47 Å². The zero-order valence-electron chi connectivity index (χ0n) is 20.3. The fraction of sp³-hybridized carbons (Fsp3) is 0.333. The van der Waals surface area contributed by atoms with Gasteiger partial charge >= 0.3 is 5.69 Å². The number of fused-ring (bicyclic) bond motifs is 1. The first-order valence-corrected chi connectivity index (χ1v) is 11.8. The Bertz CT molecular complexity index is 1370. The van der Waals surface area contributed by atoms with Crippen molar-refractivity contribution < 1.29 is 8.78 Å². The van der Waals surface area contributed by atoms with E-state index in [0.29, 0.717) is 18.9 Å². The Balaban J connectivity index is 1.53. The van der Waals surface area contributed by atoms with E-state index in [-0.39, 0.29) is 35.4 Å². The number of nitrogens with zero attached hydrogens (tertiary/aromatic N) is 5. The Labute approximate surface area is 203 Å². The summed E-state index contributed by atoms with van der Waals surface area (Å²) in [7, 11) is 3.66. The van der Waals surface area contributed by atoms with E-state index in [0.717, 1.165) is 22.2 Å². The molecule has 2 aromatic heterocycles. The van der Waals surface area contributed by atoms with Gasteiger partial charge in [-0.15, -0.1) is 0 Å². The summed E-state index contributed by atoms with van der Waals surface area (Å²) in [5, 5.41) is 0.940. The van der Waals surface area contributed by atoms with E-state index < -0.39 is 0 Å². The Morgan fingerprint density at radius 2 is 1.43 bits per heavy atom. The fourth-order valence-electron chi connectivity index (χ4n) is 5.32. The largest absolute Gasteiger partial charge is 0.350 e. The lowest BCUT2D eigenvalue weighted by Gasteiger charge is -2.48. The van der Waals surface area contributed by atoms with Gasteiger partial charge in [0.2, 0.25) is 0 Å². The lowest BCUT2D eigenvalue weighted by Crippen LogP contribution is -2.58. The molecule has 0 bridgehead atoms. The van der Waals surface area contributed by atoms with Crippen LogP contribution in [0.5, 0.6) is 0 Å². The van der Waals surface area contributed by atoms with Crippen LogP contribution in [0.2, 0.25) is 0 Å². The molecule has 3 heterocycles. The van der Waals surface area contributed by atoms with Gasteiger partial charge in [-0.2, -0.15) is 4.98 Å². The first-order valence-electron chi connectivity index (χ1n) is 11.8. The van der Waals surface area contributed by atoms with Crippen LogP contribution in [-0.2, 0) is 14.1 Å². The van der Waals surface area contributed by atoms with Crippen molar-refractivity contribution >= 4 is 16.9 Å². The molecule has 0 N–H and O–H groups in total. The number of halogens is 2. The number of hydrogen-bond donors (Lipinski definition) is 0. The molecule has 0 amide bonds. The first-order chi connectivity index (χ1) is 16.7. The second kappa shape index (κ2) is 8.92. The molecule has 0 saturated carbocycles. The topological polar surface area (TPSA) is 46.3 Å². The SMILES string of the molecule is C[C@@H]1CN(c2nc(=O)n(C)c3c2ccn3C)[C@@H](C)CN1C(c1ccc(F)cc1)c1ccc(F)cc1. The molecule has 2 atom stereocenters. The van der Waals surface area contributed by atoms with Gasteiger partial charge in [-0.05, 0) is 55.3 Å². The quantitative estimate of drug-likeness (QED) is 0.441. The van der Waals surface area contributed by atoms with Gasteiger partial charge in [-0.1, -0.05) is 24.3 Å². The summed E-state index contributed by atoms with van der Waals surface area (Å²) in [6.07, 6.45) is 1.94. The van der Waals surface area contributed by atoms with Gasteiger partial charge in [0.15, 0.2) is 0 Å². The number of piperazine rings is 1. The van der Waals surface area contributed by atoms with E-state index in [1.54, 1.807) is 35.9 Å². The summed E-state index contributed by atoms with van der Waals surface area (Å²) in [4.78, 5) is 21.7. The van der Waals surface area contributed by atoms with Crippen molar-refractivity contribution in [3.63, 3.8) is 0 Å². The molecule has 35 heavy (non-hydrogen) atoms. The molecule has 4 aromatic rings. The van der Waals surface area contributed by atoms with Crippen LogP contribution in [0, 0.1) is 11.6 Å². The molecule has 2 aromatic carbocycles. The van der Waals surface area contributed by atoms with Crippen LogP contribution >= 0.6 is 0 Å². The fourth-order valence-corrected chi connectivity index (χ4v) is 5.32. The van der Waals surface area contributed by atoms with Crippen molar-refractivity contribution in [2.75, 3.05) is 18.0 Å². The van der Waals surface area contributed by atoms with Gasteiger partial charge in [-0.25, -0.2) is 13.6 Å². The Morgan fingerprint density at radius 1 is 0.857 bits per heavy atom.